The number of hydrogen-bond acceptors (Lipinski definition) is 4. The highest BCUT2D eigenvalue weighted by Crippen LogP contribution is 2.43. The van der Waals surface area contributed by atoms with Gasteiger partial charge in [-0.3, -0.25) is 0 Å². The molecule has 0 N–H and O–H groups in total. The summed E-state index contributed by atoms with van der Waals surface area (Å²) in [6.45, 7) is 4.34. The fraction of sp³-hybridized carbons (Fsp3) is 0.100. The van der Waals surface area contributed by atoms with Gasteiger partial charge in [-0.05, 0) is 77.1 Å². The number of aryl methyl sites for hydroxylation is 2. The van der Waals surface area contributed by atoms with E-state index < -0.39 is 5.54 Å². The Morgan fingerprint density at radius 1 is 0.478 bits per heavy atom. The van der Waals surface area contributed by atoms with Gasteiger partial charge in [0.2, 0.25) is 0 Å². The largest absolute Gasteiger partial charge is 0.172 e. The van der Waals surface area contributed by atoms with E-state index in [1.54, 1.807) is 0 Å². The highest BCUT2D eigenvalue weighted by Gasteiger charge is 2.42. The van der Waals surface area contributed by atoms with Crippen LogP contribution in [0.4, 0.5) is 0 Å². The van der Waals surface area contributed by atoms with Crippen LogP contribution in [0, 0.1) is 13.8 Å². The summed E-state index contributed by atoms with van der Waals surface area (Å²) in [6.07, 6.45) is 0. The summed E-state index contributed by atoms with van der Waals surface area (Å²) in [7, 11) is 0. The molecule has 0 amide bonds. The van der Waals surface area contributed by atoms with Gasteiger partial charge in [0.1, 0.15) is 28.1 Å². The van der Waals surface area contributed by atoms with E-state index in [1.807, 2.05) is 64.2 Å². The summed E-state index contributed by atoms with van der Waals surface area (Å²) < 4.78 is 0. The molecule has 0 fully saturated rings. The molecule has 6 aromatic carbocycles. The maximum absolute atomic E-state index is 5.14. The van der Waals surface area contributed by atoms with E-state index in [4.69, 9.17) is 20.4 Å². The van der Waals surface area contributed by atoms with E-state index in [0.717, 1.165) is 61.0 Å². The van der Waals surface area contributed by atoms with E-state index in [1.165, 1.54) is 0 Å². The number of aromatic nitrogens is 6. The smallest absolute Gasteiger partial charge is 0.157 e. The Kier molecular flexibility index (Phi) is 6.76. The molecule has 2 aromatic heterocycles. The van der Waals surface area contributed by atoms with Gasteiger partial charge in [-0.15, -0.1) is 0 Å². The quantitative estimate of drug-likeness (QED) is 0.174. The van der Waals surface area contributed by atoms with Gasteiger partial charge >= 0.3 is 0 Å². The zero-order valence-corrected chi connectivity index (χ0v) is 25.7. The van der Waals surface area contributed by atoms with Crippen LogP contribution in [0.5, 0.6) is 0 Å². The van der Waals surface area contributed by atoms with Crippen LogP contribution in [0.1, 0.15) is 45.0 Å². The van der Waals surface area contributed by atoms with Crippen molar-refractivity contribution in [3.8, 4) is 0 Å². The van der Waals surface area contributed by atoms with Gasteiger partial charge in [0.15, 0.2) is 5.54 Å². The first-order valence-corrected chi connectivity index (χ1v) is 15.5. The third kappa shape index (κ3) is 4.49. The van der Waals surface area contributed by atoms with Gasteiger partial charge in [-0.1, -0.05) is 127 Å². The van der Waals surface area contributed by atoms with Gasteiger partial charge in [-0.2, -0.15) is 30.0 Å². The molecule has 0 spiro atoms. The van der Waals surface area contributed by atoms with E-state index in [2.05, 4.69) is 111 Å². The number of hydrogen-bond donors (Lipinski definition) is 0. The topological polar surface area (TPSA) is 61.4 Å². The van der Waals surface area contributed by atoms with Crippen molar-refractivity contribution in [1.82, 2.24) is 30.0 Å². The first-order valence-electron chi connectivity index (χ1n) is 15.5. The molecule has 2 heterocycles. The van der Waals surface area contributed by atoms with Gasteiger partial charge in [0, 0.05) is 0 Å². The SMILES string of the molecule is Cc1cc(C(c2ccccc2)(c2ccccc2C)n2nc3ccccc3n2)ccc1C(c1ccccc1)n1nc2ccccc2n1. The summed E-state index contributed by atoms with van der Waals surface area (Å²) in [6, 6.07) is 52.2. The summed E-state index contributed by atoms with van der Waals surface area (Å²) in [5, 5.41) is 20.2. The Morgan fingerprint density at radius 2 is 1.00 bits per heavy atom. The number of rotatable bonds is 7. The second-order valence-electron chi connectivity index (χ2n) is 11.8. The standard InChI is InChI=1S/C40H32N6/c1-28-15-9-10-20-34(28)40(31-18-7-4-8-19-31,46-43-37-23-13-14-24-38(37)44-46)32-25-26-33(29(2)27-32)39(30-16-5-3-6-17-30)45-41-35-21-11-12-22-36(35)42-45/h3-27,39H,1-2H3. The maximum Gasteiger partial charge on any atom is 0.157 e. The fourth-order valence-electron chi connectivity index (χ4n) is 6.76. The number of benzene rings is 6. The van der Waals surface area contributed by atoms with Gasteiger partial charge in [-0.25, -0.2) is 0 Å². The van der Waals surface area contributed by atoms with E-state index in [0.29, 0.717) is 0 Å². The van der Waals surface area contributed by atoms with Crippen molar-refractivity contribution in [2.75, 3.05) is 0 Å². The van der Waals surface area contributed by atoms with Crippen LogP contribution in [0.15, 0.2) is 152 Å². The Bertz CT molecular complexity index is 2240. The second kappa shape index (κ2) is 11.2. The van der Waals surface area contributed by atoms with Gasteiger partial charge in [0.25, 0.3) is 0 Å². The van der Waals surface area contributed by atoms with Crippen LogP contribution in [0.25, 0.3) is 22.1 Å². The molecular formula is C40H32N6. The zero-order valence-electron chi connectivity index (χ0n) is 25.7. The zero-order chi connectivity index (χ0) is 31.1. The summed E-state index contributed by atoms with van der Waals surface area (Å²) in [5.74, 6) is 0. The lowest BCUT2D eigenvalue weighted by atomic mass is 9.75. The predicted molar refractivity (Wildman–Crippen MR) is 183 cm³/mol. The molecule has 2 atom stereocenters. The average Bonchev–Trinajstić information content (AvgIpc) is 3.73. The molecule has 8 aromatic rings. The molecule has 6 heteroatoms. The van der Waals surface area contributed by atoms with Crippen LogP contribution in [0.3, 0.4) is 0 Å². The third-order valence-corrected chi connectivity index (χ3v) is 8.94. The molecule has 0 bridgehead atoms. The normalized spacial score (nSPS) is 13.5. The van der Waals surface area contributed by atoms with Gasteiger partial charge < -0.3 is 0 Å². The lowest BCUT2D eigenvalue weighted by molar-refractivity contribution is 0.407. The second-order valence-corrected chi connectivity index (χ2v) is 11.8. The minimum absolute atomic E-state index is 0.211. The molecular weight excluding hydrogens is 564 g/mol. The van der Waals surface area contributed by atoms with Crippen molar-refractivity contribution in [3.05, 3.63) is 191 Å². The molecule has 8 rings (SSSR count). The molecule has 46 heavy (non-hydrogen) atoms. The predicted octanol–water partition coefficient (Wildman–Crippen LogP) is 8.27. The minimum Gasteiger partial charge on any atom is -0.172 e. The highest BCUT2D eigenvalue weighted by atomic mass is 15.5. The fourth-order valence-corrected chi connectivity index (χ4v) is 6.76. The molecule has 2 unspecified atom stereocenters. The molecule has 6 nitrogen and oxygen atoms in total. The van der Waals surface area contributed by atoms with Crippen molar-refractivity contribution in [2.24, 2.45) is 0 Å². The molecule has 0 saturated heterocycles. The molecule has 0 saturated carbocycles. The van der Waals surface area contributed by atoms with Crippen LogP contribution < -0.4 is 0 Å². The lowest BCUT2D eigenvalue weighted by Crippen LogP contribution is -2.40. The summed E-state index contributed by atoms with van der Waals surface area (Å²) in [5.41, 5.74) is 10.4. The highest BCUT2D eigenvalue weighted by molar-refractivity contribution is 5.74. The Hall–Kier alpha value is -5.88. The Morgan fingerprint density at radius 3 is 1.59 bits per heavy atom. The van der Waals surface area contributed by atoms with E-state index >= 15 is 0 Å². The van der Waals surface area contributed by atoms with Crippen LogP contribution in [-0.4, -0.2) is 30.0 Å². The molecule has 0 radical (unpaired) electrons. The van der Waals surface area contributed by atoms with Crippen molar-refractivity contribution in [3.63, 3.8) is 0 Å². The van der Waals surface area contributed by atoms with Crippen molar-refractivity contribution >= 4 is 22.1 Å². The summed E-state index contributed by atoms with van der Waals surface area (Å²) >= 11 is 0. The third-order valence-electron chi connectivity index (χ3n) is 8.94. The molecule has 0 aliphatic rings. The maximum atomic E-state index is 5.14. The number of nitrogens with zero attached hydrogens (tertiary/aromatic N) is 6. The lowest BCUT2D eigenvalue weighted by Gasteiger charge is -2.36. The Labute approximate surface area is 267 Å². The average molecular weight is 597 g/mol. The minimum atomic E-state index is -0.838. The molecule has 0 aliphatic carbocycles. The summed E-state index contributed by atoms with van der Waals surface area (Å²) in [4.78, 5) is 3.77. The van der Waals surface area contributed by atoms with Crippen molar-refractivity contribution in [1.29, 1.82) is 0 Å². The molecule has 222 valence electrons. The Balaban J connectivity index is 1.39. The van der Waals surface area contributed by atoms with Crippen LogP contribution >= 0.6 is 0 Å². The van der Waals surface area contributed by atoms with Crippen molar-refractivity contribution < 1.29 is 0 Å². The number of fused-ring (bicyclic) bond motifs is 2. The van der Waals surface area contributed by atoms with E-state index in [-0.39, 0.29) is 6.04 Å². The monoisotopic (exact) mass is 596 g/mol. The first-order chi connectivity index (χ1) is 22.6. The first kappa shape index (κ1) is 27.7. The van der Waals surface area contributed by atoms with Gasteiger partial charge in [0.05, 0.1) is 0 Å². The molecule has 0 aliphatic heterocycles. The van der Waals surface area contributed by atoms with E-state index in [9.17, 15) is 0 Å². The van der Waals surface area contributed by atoms with Crippen LogP contribution in [-0.2, 0) is 5.54 Å². The van der Waals surface area contributed by atoms with Crippen LogP contribution in [0.2, 0.25) is 0 Å². The van der Waals surface area contributed by atoms with Crippen molar-refractivity contribution in [2.45, 2.75) is 25.4 Å².